The lowest BCUT2D eigenvalue weighted by Crippen LogP contribution is -2.13. The Kier molecular flexibility index (Phi) is 10.9. The number of methoxy groups -OCH3 is 2. The normalized spacial score (nSPS) is 10.8. The lowest BCUT2D eigenvalue weighted by Gasteiger charge is -2.15. The SMILES string of the molecule is CCOc1ccc(NC(=O)/C(C#N)=C/c2cc(Cl)c(OCc3ccc(OCc4ccccc4)c(OC)c3)c(OC)c2)cc1. The lowest BCUT2D eigenvalue weighted by molar-refractivity contribution is -0.112. The Balaban J connectivity index is 1.45. The lowest BCUT2D eigenvalue weighted by atomic mass is 10.1. The van der Waals surface area contributed by atoms with Crippen LogP contribution in [0.25, 0.3) is 6.08 Å². The van der Waals surface area contributed by atoms with E-state index < -0.39 is 5.91 Å². The Bertz CT molecular complexity index is 1610. The molecule has 0 spiro atoms. The maximum atomic E-state index is 12.8. The van der Waals surface area contributed by atoms with E-state index in [-0.39, 0.29) is 17.2 Å². The first-order chi connectivity index (χ1) is 20.9. The Morgan fingerprint density at radius 3 is 2.23 bits per heavy atom. The van der Waals surface area contributed by atoms with E-state index in [1.54, 1.807) is 43.5 Å². The zero-order valence-electron chi connectivity index (χ0n) is 24.1. The number of hydrogen-bond acceptors (Lipinski definition) is 7. The van der Waals surface area contributed by atoms with Crippen LogP contribution < -0.4 is 29.0 Å². The predicted octanol–water partition coefficient (Wildman–Crippen LogP) is 7.46. The minimum absolute atomic E-state index is 0.109. The van der Waals surface area contributed by atoms with Crippen LogP contribution in [-0.2, 0) is 18.0 Å². The number of amides is 1. The molecule has 0 atom stereocenters. The molecule has 220 valence electrons. The van der Waals surface area contributed by atoms with E-state index in [2.05, 4.69) is 5.32 Å². The Morgan fingerprint density at radius 2 is 1.56 bits per heavy atom. The summed E-state index contributed by atoms with van der Waals surface area (Å²) in [6.07, 6.45) is 1.43. The summed E-state index contributed by atoms with van der Waals surface area (Å²) in [6.45, 7) is 3.01. The highest BCUT2D eigenvalue weighted by molar-refractivity contribution is 6.32. The van der Waals surface area contributed by atoms with Crippen molar-refractivity contribution in [1.29, 1.82) is 5.26 Å². The molecule has 4 rings (SSSR count). The second-order valence-electron chi connectivity index (χ2n) is 9.16. The number of halogens is 1. The molecule has 0 heterocycles. The van der Waals surface area contributed by atoms with E-state index in [9.17, 15) is 10.1 Å². The van der Waals surface area contributed by atoms with Gasteiger partial charge in [0.15, 0.2) is 23.0 Å². The molecule has 0 aromatic heterocycles. The van der Waals surface area contributed by atoms with Crippen LogP contribution in [0.1, 0.15) is 23.6 Å². The number of hydrogen-bond donors (Lipinski definition) is 1. The quantitative estimate of drug-likeness (QED) is 0.126. The third-order valence-corrected chi connectivity index (χ3v) is 6.48. The summed E-state index contributed by atoms with van der Waals surface area (Å²) in [5.41, 5.74) is 2.79. The molecule has 8 nitrogen and oxygen atoms in total. The van der Waals surface area contributed by atoms with E-state index in [0.29, 0.717) is 53.2 Å². The maximum absolute atomic E-state index is 12.8. The second-order valence-corrected chi connectivity index (χ2v) is 9.57. The Morgan fingerprint density at radius 1 is 0.837 bits per heavy atom. The zero-order chi connectivity index (χ0) is 30.6. The van der Waals surface area contributed by atoms with Gasteiger partial charge in [0.1, 0.15) is 30.6 Å². The molecule has 9 heteroatoms. The molecule has 1 N–H and O–H groups in total. The van der Waals surface area contributed by atoms with Crippen molar-refractivity contribution in [1.82, 2.24) is 0 Å². The summed E-state index contributed by atoms with van der Waals surface area (Å²) in [6, 6.07) is 27.5. The predicted molar refractivity (Wildman–Crippen MR) is 166 cm³/mol. The van der Waals surface area contributed by atoms with E-state index in [1.165, 1.54) is 13.2 Å². The van der Waals surface area contributed by atoms with Crippen LogP contribution in [0.3, 0.4) is 0 Å². The minimum Gasteiger partial charge on any atom is -0.494 e. The van der Waals surface area contributed by atoms with Crippen molar-refractivity contribution in [3.8, 4) is 34.8 Å². The van der Waals surface area contributed by atoms with E-state index in [0.717, 1.165) is 11.1 Å². The summed E-state index contributed by atoms with van der Waals surface area (Å²) in [5, 5.41) is 12.6. The largest absolute Gasteiger partial charge is 0.494 e. The van der Waals surface area contributed by atoms with Crippen molar-refractivity contribution in [2.45, 2.75) is 20.1 Å². The first-order valence-corrected chi connectivity index (χ1v) is 13.8. The van der Waals surface area contributed by atoms with Gasteiger partial charge in [-0.2, -0.15) is 5.26 Å². The smallest absolute Gasteiger partial charge is 0.266 e. The molecule has 0 saturated carbocycles. The number of nitrogens with one attached hydrogen (secondary N) is 1. The van der Waals surface area contributed by atoms with Crippen LogP contribution in [-0.4, -0.2) is 26.7 Å². The summed E-state index contributed by atoms with van der Waals surface area (Å²) in [4.78, 5) is 12.8. The molecule has 0 bridgehead atoms. The molecule has 4 aromatic carbocycles. The molecule has 0 aliphatic heterocycles. The highest BCUT2D eigenvalue weighted by Crippen LogP contribution is 2.38. The topological polar surface area (TPSA) is 99.0 Å². The number of ether oxygens (including phenoxy) is 5. The number of rotatable bonds is 13. The highest BCUT2D eigenvalue weighted by Gasteiger charge is 2.15. The average molecular weight is 599 g/mol. The van der Waals surface area contributed by atoms with Gasteiger partial charge in [-0.1, -0.05) is 48.0 Å². The molecular weight excluding hydrogens is 568 g/mol. The van der Waals surface area contributed by atoms with Gasteiger partial charge in [-0.15, -0.1) is 0 Å². The maximum Gasteiger partial charge on any atom is 0.266 e. The first-order valence-electron chi connectivity index (χ1n) is 13.4. The van der Waals surface area contributed by atoms with Crippen molar-refractivity contribution < 1.29 is 28.5 Å². The number of anilines is 1. The fraction of sp³-hybridized carbons (Fsp3) is 0.176. The minimum atomic E-state index is -0.563. The molecule has 0 aliphatic rings. The monoisotopic (exact) mass is 598 g/mol. The fourth-order valence-electron chi connectivity index (χ4n) is 4.09. The summed E-state index contributed by atoms with van der Waals surface area (Å²) in [5.74, 6) is 1.97. The molecule has 4 aromatic rings. The standard InChI is InChI=1S/C34H31ClN2O6/c1-4-41-28-13-11-27(12-14-28)37-34(38)26(20-36)16-25-17-29(35)33(32(19-25)40-3)43-22-24-10-15-30(31(18-24)39-2)42-21-23-8-6-5-7-9-23/h5-19H,4,21-22H2,1-3H3,(H,37,38)/b26-16+. The van der Waals surface area contributed by atoms with Gasteiger partial charge in [-0.3, -0.25) is 4.79 Å². The van der Waals surface area contributed by atoms with Crippen molar-refractivity contribution >= 4 is 29.3 Å². The number of carbonyl (C=O) groups excluding carboxylic acids is 1. The molecule has 0 fully saturated rings. The van der Waals surface area contributed by atoms with Crippen LogP contribution in [0, 0.1) is 11.3 Å². The molecule has 1 amide bonds. The van der Waals surface area contributed by atoms with Gasteiger partial charge in [0.25, 0.3) is 5.91 Å². The van der Waals surface area contributed by atoms with Crippen LogP contribution in [0.2, 0.25) is 5.02 Å². The van der Waals surface area contributed by atoms with Gasteiger partial charge in [0, 0.05) is 5.69 Å². The van der Waals surface area contributed by atoms with Gasteiger partial charge in [0.2, 0.25) is 0 Å². The Hall–Kier alpha value is -5.13. The third-order valence-electron chi connectivity index (χ3n) is 6.20. The molecule has 0 saturated heterocycles. The highest BCUT2D eigenvalue weighted by atomic mass is 35.5. The van der Waals surface area contributed by atoms with E-state index in [1.807, 2.05) is 61.5 Å². The van der Waals surface area contributed by atoms with Gasteiger partial charge in [-0.05, 0) is 78.2 Å². The Labute approximate surface area is 256 Å². The van der Waals surface area contributed by atoms with Gasteiger partial charge < -0.3 is 29.0 Å². The van der Waals surface area contributed by atoms with E-state index in [4.69, 9.17) is 35.3 Å². The zero-order valence-corrected chi connectivity index (χ0v) is 24.8. The van der Waals surface area contributed by atoms with Gasteiger partial charge in [0.05, 0.1) is 25.8 Å². The third kappa shape index (κ3) is 8.44. The van der Waals surface area contributed by atoms with Crippen LogP contribution >= 0.6 is 11.6 Å². The summed E-state index contributed by atoms with van der Waals surface area (Å²) >= 11 is 6.57. The van der Waals surface area contributed by atoms with Crippen molar-refractivity contribution in [3.63, 3.8) is 0 Å². The van der Waals surface area contributed by atoms with Crippen LogP contribution in [0.4, 0.5) is 5.69 Å². The number of nitriles is 1. The second kappa shape index (κ2) is 15.2. The van der Waals surface area contributed by atoms with Crippen molar-refractivity contribution in [3.05, 3.63) is 112 Å². The van der Waals surface area contributed by atoms with Gasteiger partial charge in [-0.25, -0.2) is 0 Å². The van der Waals surface area contributed by atoms with Crippen molar-refractivity contribution in [2.24, 2.45) is 0 Å². The summed E-state index contributed by atoms with van der Waals surface area (Å²) < 4.78 is 28.4. The van der Waals surface area contributed by atoms with Crippen LogP contribution in [0.5, 0.6) is 28.7 Å². The van der Waals surface area contributed by atoms with E-state index >= 15 is 0 Å². The fourth-order valence-corrected chi connectivity index (χ4v) is 4.36. The van der Waals surface area contributed by atoms with Crippen molar-refractivity contribution in [2.75, 3.05) is 26.1 Å². The number of benzene rings is 4. The molecule has 0 radical (unpaired) electrons. The molecular formula is C34H31ClN2O6. The van der Waals surface area contributed by atoms with Crippen LogP contribution in [0.15, 0.2) is 90.5 Å². The molecule has 0 aliphatic carbocycles. The average Bonchev–Trinajstić information content (AvgIpc) is 3.03. The summed E-state index contributed by atoms with van der Waals surface area (Å²) in [7, 11) is 3.06. The van der Waals surface area contributed by atoms with Gasteiger partial charge >= 0.3 is 0 Å². The number of carbonyl (C=O) groups is 1. The number of nitrogens with zero attached hydrogens (tertiary/aromatic N) is 1. The molecule has 0 unspecified atom stereocenters. The molecule has 43 heavy (non-hydrogen) atoms. The first kappa shape index (κ1) is 30.8.